The molecule has 4 rings (SSSR count). The number of ether oxygens (including phenoxy) is 3. The quantitative estimate of drug-likeness (QED) is 0.445. The highest BCUT2D eigenvalue weighted by Gasteiger charge is 2.34. The second-order valence-corrected chi connectivity index (χ2v) is 8.64. The van der Waals surface area contributed by atoms with Gasteiger partial charge in [-0.15, -0.1) is 0 Å². The summed E-state index contributed by atoms with van der Waals surface area (Å²) in [4.78, 5) is 29.9. The third-order valence-electron chi connectivity index (χ3n) is 5.63. The Morgan fingerprint density at radius 2 is 1.77 bits per heavy atom. The van der Waals surface area contributed by atoms with Crippen molar-refractivity contribution in [2.75, 3.05) is 26.1 Å². The Balaban J connectivity index is 1.52. The highest BCUT2D eigenvalue weighted by Crippen LogP contribution is 2.45. The van der Waals surface area contributed by atoms with Crippen LogP contribution in [0.3, 0.4) is 0 Å². The van der Waals surface area contributed by atoms with Crippen molar-refractivity contribution >= 4 is 40.7 Å². The van der Waals surface area contributed by atoms with E-state index in [2.05, 4.69) is 15.6 Å². The van der Waals surface area contributed by atoms with Gasteiger partial charge < -0.3 is 24.8 Å². The molecule has 0 aliphatic carbocycles. The highest BCUT2D eigenvalue weighted by molar-refractivity contribution is 6.39. The first-order valence-electron chi connectivity index (χ1n) is 10.7. The fraction of sp³-hybridized carbons (Fsp3) is 0.240. The van der Waals surface area contributed by atoms with Gasteiger partial charge in [0, 0.05) is 42.4 Å². The average molecular weight is 516 g/mol. The zero-order valence-electron chi connectivity index (χ0n) is 19.1. The number of anilines is 1. The van der Waals surface area contributed by atoms with Crippen molar-refractivity contribution in [3.8, 4) is 17.2 Å². The van der Waals surface area contributed by atoms with Gasteiger partial charge in [0.25, 0.3) is 5.91 Å². The van der Waals surface area contributed by atoms with Gasteiger partial charge in [-0.2, -0.15) is 0 Å². The average Bonchev–Trinajstić information content (AvgIpc) is 3.28. The van der Waals surface area contributed by atoms with E-state index in [-0.39, 0.29) is 40.6 Å². The number of rotatable bonds is 8. The molecule has 0 spiro atoms. The van der Waals surface area contributed by atoms with E-state index in [1.807, 2.05) is 24.3 Å². The molecule has 1 unspecified atom stereocenters. The topological polar surface area (TPSA) is 98.8 Å². The molecule has 182 valence electrons. The number of hydrogen-bond acceptors (Lipinski definition) is 6. The lowest BCUT2D eigenvalue weighted by Crippen LogP contribution is -2.25. The Morgan fingerprint density at radius 3 is 2.43 bits per heavy atom. The van der Waals surface area contributed by atoms with Crippen molar-refractivity contribution in [1.82, 2.24) is 10.3 Å². The molecule has 10 heteroatoms. The third-order valence-corrected chi connectivity index (χ3v) is 6.21. The maximum atomic E-state index is 13.2. The Morgan fingerprint density at radius 1 is 1.06 bits per heavy atom. The van der Waals surface area contributed by atoms with Gasteiger partial charge in [0.15, 0.2) is 11.5 Å². The van der Waals surface area contributed by atoms with E-state index in [1.165, 1.54) is 19.5 Å². The SMILES string of the molecule is COc1ccc(CNC(=O)CC2COc3c(OC)ccc(C(=O)Nc4c(Cl)cncc4Cl)c32)cc1. The molecule has 1 atom stereocenters. The van der Waals surface area contributed by atoms with Crippen LogP contribution in [0.2, 0.25) is 10.0 Å². The molecule has 1 aliphatic rings. The van der Waals surface area contributed by atoms with E-state index in [0.717, 1.165) is 11.3 Å². The fourth-order valence-electron chi connectivity index (χ4n) is 3.87. The number of benzene rings is 2. The minimum absolute atomic E-state index is 0.132. The number of halogens is 2. The number of carbonyl (C=O) groups excluding carboxylic acids is 2. The molecule has 2 N–H and O–H groups in total. The molecule has 35 heavy (non-hydrogen) atoms. The Labute approximate surface area is 212 Å². The van der Waals surface area contributed by atoms with Gasteiger partial charge in [-0.1, -0.05) is 35.3 Å². The zero-order valence-corrected chi connectivity index (χ0v) is 20.6. The molecular formula is C25H23Cl2N3O5. The lowest BCUT2D eigenvalue weighted by atomic mass is 9.92. The molecule has 8 nitrogen and oxygen atoms in total. The second-order valence-electron chi connectivity index (χ2n) is 7.83. The fourth-order valence-corrected chi connectivity index (χ4v) is 4.33. The number of carbonyl (C=O) groups is 2. The van der Waals surface area contributed by atoms with Gasteiger partial charge in [0.05, 0.1) is 36.6 Å². The summed E-state index contributed by atoms with van der Waals surface area (Å²) in [5.41, 5.74) is 2.14. The van der Waals surface area contributed by atoms with Gasteiger partial charge in [0.2, 0.25) is 5.91 Å². The molecule has 1 aliphatic heterocycles. The van der Waals surface area contributed by atoms with Crippen molar-refractivity contribution in [3.05, 3.63) is 75.5 Å². The monoisotopic (exact) mass is 515 g/mol. The summed E-state index contributed by atoms with van der Waals surface area (Å²) in [7, 11) is 3.12. The second kappa shape index (κ2) is 10.8. The number of hydrogen-bond donors (Lipinski definition) is 2. The lowest BCUT2D eigenvalue weighted by molar-refractivity contribution is -0.121. The van der Waals surface area contributed by atoms with Crippen LogP contribution < -0.4 is 24.8 Å². The van der Waals surface area contributed by atoms with Gasteiger partial charge >= 0.3 is 0 Å². The van der Waals surface area contributed by atoms with E-state index in [9.17, 15) is 9.59 Å². The summed E-state index contributed by atoms with van der Waals surface area (Å²) in [5, 5.41) is 6.08. The van der Waals surface area contributed by atoms with Gasteiger partial charge in [-0.25, -0.2) is 0 Å². The van der Waals surface area contributed by atoms with Gasteiger partial charge in [0.1, 0.15) is 5.75 Å². The van der Waals surface area contributed by atoms with Crippen LogP contribution in [-0.4, -0.2) is 37.6 Å². The number of nitrogens with zero attached hydrogens (tertiary/aromatic N) is 1. The maximum Gasteiger partial charge on any atom is 0.256 e. The van der Waals surface area contributed by atoms with Crippen LogP contribution in [0.5, 0.6) is 17.2 Å². The van der Waals surface area contributed by atoms with Gasteiger partial charge in [-0.05, 0) is 29.8 Å². The molecule has 0 radical (unpaired) electrons. The molecular weight excluding hydrogens is 493 g/mol. The largest absolute Gasteiger partial charge is 0.497 e. The number of aromatic nitrogens is 1. The molecule has 0 bridgehead atoms. The summed E-state index contributed by atoms with van der Waals surface area (Å²) >= 11 is 12.3. The highest BCUT2D eigenvalue weighted by atomic mass is 35.5. The number of pyridine rings is 1. The van der Waals surface area contributed by atoms with E-state index < -0.39 is 5.91 Å². The first-order valence-corrected chi connectivity index (χ1v) is 11.5. The minimum atomic E-state index is -0.437. The Hall–Kier alpha value is -3.49. The Kier molecular flexibility index (Phi) is 7.63. The summed E-state index contributed by atoms with van der Waals surface area (Å²) in [6.45, 7) is 0.608. The number of methoxy groups -OCH3 is 2. The molecule has 2 amide bonds. The van der Waals surface area contributed by atoms with E-state index in [1.54, 1.807) is 19.2 Å². The van der Waals surface area contributed by atoms with Crippen molar-refractivity contribution in [3.63, 3.8) is 0 Å². The van der Waals surface area contributed by atoms with Crippen LogP contribution in [0, 0.1) is 0 Å². The molecule has 0 fully saturated rings. The molecule has 1 aromatic heterocycles. The maximum absolute atomic E-state index is 13.2. The first-order chi connectivity index (χ1) is 16.9. The van der Waals surface area contributed by atoms with E-state index in [0.29, 0.717) is 29.2 Å². The normalized spacial score (nSPS) is 14.0. The summed E-state index contributed by atoms with van der Waals surface area (Å²) in [5.74, 6) is 0.719. The van der Waals surface area contributed by atoms with Crippen LogP contribution in [0.1, 0.15) is 33.8 Å². The van der Waals surface area contributed by atoms with Crippen LogP contribution in [0.4, 0.5) is 5.69 Å². The number of nitrogens with one attached hydrogen (secondary N) is 2. The number of fused-ring (bicyclic) bond motifs is 1. The molecule has 0 saturated heterocycles. The van der Waals surface area contributed by atoms with Crippen LogP contribution in [-0.2, 0) is 11.3 Å². The summed E-state index contributed by atoms with van der Waals surface area (Å²) in [6, 6.07) is 10.7. The van der Waals surface area contributed by atoms with Crippen molar-refractivity contribution in [2.24, 2.45) is 0 Å². The summed E-state index contributed by atoms with van der Waals surface area (Å²) in [6.07, 6.45) is 2.91. The standard InChI is InChI=1S/C25H23Cl2N3O5/c1-33-16-5-3-14(4-6-16)10-29-21(31)9-15-13-35-24-20(34-2)8-7-17(22(15)24)25(32)30-23-18(26)11-28-12-19(23)27/h3-8,11-12,15H,9-10,13H2,1-2H3,(H,29,31)(H,28,30,32). The van der Waals surface area contributed by atoms with Gasteiger partial charge in [-0.3, -0.25) is 14.6 Å². The minimum Gasteiger partial charge on any atom is -0.497 e. The lowest BCUT2D eigenvalue weighted by Gasteiger charge is -2.16. The Bertz CT molecular complexity index is 1230. The predicted octanol–water partition coefficient (Wildman–Crippen LogP) is 4.84. The van der Waals surface area contributed by atoms with Crippen molar-refractivity contribution in [2.45, 2.75) is 18.9 Å². The predicted molar refractivity (Wildman–Crippen MR) is 133 cm³/mol. The van der Waals surface area contributed by atoms with Crippen molar-refractivity contribution < 1.29 is 23.8 Å². The van der Waals surface area contributed by atoms with E-state index in [4.69, 9.17) is 37.4 Å². The number of amides is 2. The summed E-state index contributed by atoms with van der Waals surface area (Å²) < 4.78 is 16.4. The molecule has 2 aromatic carbocycles. The first kappa shape index (κ1) is 24.6. The van der Waals surface area contributed by atoms with E-state index >= 15 is 0 Å². The van der Waals surface area contributed by atoms with Crippen LogP contribution in [0.15, 0.2) is 48.8 Å². The van der Waals surface area contributed by atoms with Crippen LogP contribution >= 0.6 is 23.2 Å². The van der Waals surface area contributed by atoms with Crippen LogP contribution in [0.25, 0.3) is 0 Å². The molecule has 2 heterocycles. The molecule has 0 saturated carbocycles. The molecule has 3 aromatic rings. The zero-order chi connectivity index (χ0) is 24.9. The van der Waals surface area contributed by atoms with Crippen molar-refractivity contribution in [1.29, 1.82) is 0 Å². The smallest absolute Gasteiger partial charge is 0.256 e. The third kappa shape index (κ3) is 5.44.